The summed E-state index contributed by atoms with van der Waals surface area (Å²) in [5.41, 5.74) is 2.96. The number of aryl methyl sites for hydroxylation is 1. The van der Waals surface area contributed by atoms with Crippen molar-refractivity contribution in [2.45, 2.75) is 39.2 Å². The Bertz CT molecular complexity index is 950. The van der Waals surface area contributed by atoms with Gasteiger partial charge in [-0.15, -0.1) is 0 Å². The van der Waals surface area contributed by atoms with Crippen LogP contribution in [0, 0.1) is 5.41 Å². The first-order valence-electron chi connectivity index (χ1n) is 9.32. The highest BCUT2D eigenvalue weighted by Crippen LogP contribution is 2.26. The van der Waals surface area contributed by atoms with Gasteiger partial charge in [0.1, 0.15) is 11.5 Å². The van der Waals surface area contributed by atoms with E-state index in [2.05, 4.69) is 4.98 Å². The van der Waals surface area contributed by atoms with Crippen molar-refractivity contribution in [1.29, 1.82) is 5.41 Å². The number of nitrogens with one attached hydrogen (secondary N) is 1. The molecule has 1 aromatic heterocycles. The van der Waals surface area contributed by atoms with E-state index in [1.54, 1.807) is 36.9 Å². The van der Waals surface area contributed by atoms with Crippen LogP contribution in [0.15, 0.2) is 36.4 Å². The zero-order valence-corrected chi connectivity index (χ0v) is 16.7. The quantitative estimate of drug-likeness (QED) is 0.616. The predicted molar refractivity (Wildman–Crippen MR) is 107 cm³/mol. The van der Waals surface area contributed by atoms with E-state index in [1.165, 1.54) is 7.11 Å². The van der Waals surface area contributed by atoms with E-state index in [1.807, 2.05) is 25.1 Å². The average Bonchev–Trinajstić information content (AvgIpc) is 3.02. The van der Waals surface area contributed by atoms with E-state index in [4.69, 9.17) is 10.1 Å². The van der Waals surface area contributed by atoms with Crippen LogP contribution in [-0.4, -0.2) is 41.1 Å². The van der Waals surface area contributed by atoms with Crippen molar-refractivity contribution in [3.8, 4) is 0 Å². The van der Waals surface area contributed by atoms with Gasteiger partial charge < -0.3 is 9.64 Å². The number of aromatic nitrogens is 1. The number of ketones is 1. The van der Waals surface area contributed by atoms with E-state index in [0.717, 1.165) is 23.2 Å². The normalized spacial score (nSPS) is 13.4. The van der Waals surface area contributed by atoms with Gasteiger partial charge in [0.15, 0.2) is 5.78 Å². The first-order chi connectivity index (χ1) is 13.3. The Balaban J connectivity index is 1.78. The fourth-order valence-corrected chi connectivity index (χ4v) is 3.35. The molecule has 0 saturated carbocycles. The van der Waals surface area contributed by atoms with Gasteiger partial charge in [0.05, 0.1) is 19.1 Å². The summed E-state index contributed by atoms with van der Waals surface area (Å²) >= 11 is 0. The molecule has 0 saturated heterocycles. The van der Waals surface area contributed by atoms with E-state index in [0.29, 0.717) is 17.8 Å². The number of ether oxygens (including phenoxy) is 1. The van der Waals surface area contributed by atoms with Gasteiger partial charge in [-0.25, -0.2) is 4.98 Å². The molecular formula is C22H25N3O3. The third-order valence-electron chi connectivity index (χ3n) is 5.24. The number of hydrogen-bond donors (Lipinski definition) is 1. The largest absolute Gasteiger partial charge is 0.468 e. The molecule has 0 amide bonds. The minimum atomic E-state index is -0.845. The van der Waals surface area contributed by atoms with Crippen LogP contribution in [0.4, 0.5) is 0 Å². The van der Waals surface area contributed by atoms with Crippen LogP contribution in [-0.2, 0) is 27.9 Å². The molecule has 146 valence electrons. The number of carbonyl (C=O) groups excluding carboxylic acids is 2. The predicted octanol–water partition coefficient (Wildman–Crippen LogP) is 3.12. The van der Waals surface area contributed by atoms with E-state index < -0.39 is 5.41 Å². The maximum absolute atomic E-state index is 12.9. The third-order valence-corrected chi connectivity index (χ3v) is 5.24. The van der Waals surface area contributed by atoms with Crippen LogP contribution >= 0.6 is 0 Å². The molecule has 0 fully saturated rings. The van der Waals surface area contributed by atoms with Crippen molar-refractivity contribution in [3.05, 3.63) is 64.5 Å². The molecule has 6 heteroatoms. The monoisotopic (exact) mass is 379 g/mol. The number of amidine groups is 1. The minimum absolute atomic E-state index is 0.0960. The Morgan fingerprint density at radius 3 is 2.68 bits per heavy atom. The summed E-state index contributed by atoms with van der Waals surface area (Å²) in [5, 5.41) is 8.39. The molecule has 2 aromatic rings. The average molecular weight is 379 g/mol. The second-order valence-corrected chi connectivity index (χ2v) is 7.49. The summed E-state index contributed by atoms with van der Waals surface area (Å²) in [6.07, 6.45) is 0.808. The molecular weight excluding hydrogens is 354 g/mol. The number of methoxy groups -OCH3 is 1. The van der Waals surface area contributed by atoms with Crippen molar-refractivity contribution in [1.82, 2.24) is 9.88 Å². The molecule has 6 nitrogen and oxygen atoms in total. The van der Waals surface area contributed by atoms with Crippen molar-refractivity contribution in [3.63, 3.8) is 0 Å². The highest BCUT2D eigenvalue weighted by molar-refractivity contribution is 6.04. The van der Waals surface area contributed by atoms with Crippen molar-refractivity contribution >= 4 is 17.6 Å². The standard InChI is InChI=1S/C22H25N3O3/c1-5-17-10-9-15-12-25(20(23)19(15)24-17)13-18(26)14-7-6-8-16(11-14)22(2,3)21(27)28-4/h6-11,23H,5,12-13H2,1-4H3. The summed E-state index contributed by atoms with van der Waals surface area (Å²) < 4.78 is 4.88. The Hall–Kier alpha value is -3.02. The molecule has 2 heterocycles. The molecule has 0 aliphatic carbocycles. The van der Waals surface area contributed by atoms with Crippen molar-refractivity contribution in [2.24, 2.45) is 0 Å². The van der Waals surface area contributed by atoms with Crippen LogP contribution in [0.1, 0.15) is 53.6 Å². The van der Waals surface area contributed by atoms with E-state index in [-0.39, 0.29) is 24.1 Å². The van der Waals surface area contributed by atoms with Crippen molar-refractivity contribution < 1.29 is 14.3 Å². The molecule has 0 spiro atoms. The molecule has 1 aliphatic heterocycles. The second-order valence-electron chi connectivity index (χ2n) is 7.49. The summed E-state index contributed by atoms with van der Waals surface area (Å²) in [7, 11) is 1.35. The van der Waals surface area contributed by atoms with Gasteiger partial charge in [0.25, 0.3) is 0 Å². The molecule has 1 aliphatic rings. The van der Waals surface area contributed by atoms with Gasteiger partial charge >= 0.3 is 5.97 Å². The maximum Gasteiger partial charge on any atom is 0.315 e. The SMILES string of the molecule is CCc1ccc2c(n1)C(=N)N(CC(=O)c1cccc(C(C)(C)C(=O)OC)c1)C2. The van der Waals surface area contributed by atoms with Gasteiger partial charge in [-0.1, -0.05) is 31.2 Å². The number of Topliss-reactive ketones (excluding diaryl/α,β-unsaturated/α-hetero) is 1. The van der Waals surface area contributed by atoms with Crippen LogP contribution < -0.4 is 0 Å². The summed E-state index contributed by atoms with van der Waals surface area (Å²) in [5.74, 6) is -0.174. The molecule has 1 N–H and O–H groups in total. The molecule has 0 unspecified atom stereocenters. The van der Waals surface area contributed by atoms with Crippen LogP contribution in [0.3, 0.4) is 0 Å². The highest BCUT2D eigenvalue weighted by Gasteiger charge is 2.32. The number of nitrogens with zero attached hydrogens (tertiary/aromatic N) is 2. The van der Waals surface area contributed by atoms with Gasteiger partial charge in [-0.05, 0) is 38.0 Å². The Morgan fingerprint density at radius 1 is 1.25 bits per heavy atom. The number of hydrogen-bond acceptors (Lipinski definition) is 5. The summed E-state index contributed by atoms with van der Waals surface area (Å²) in [6.45, 7) is 6.17. The number of rotatable bonds is 6. The van der Waals surface area contributed by atoms with Gasteiger partial charge in [0, 0.05) is 23.4 Å². The fraction of sp³-hybridized carbons (Fsp3) is 0.364. The highest BCUT2D eigenvalue weighted by atomic mass is 16.5. The topological polar surface area (TPSA) is 83.4 Å². The summed E-state index contributed by atoms with van der Waals surface area (Å²) in [4.78, 5) is 31.2. The lowest BCUT2D eigenvalue weighted by Crippen LogP contribution is -2.32. The lowest BCUT2D eigenvalue weighted by molar-refractivity contribution is -0.146. The number of esters is 1. The molecule has 3 rings (SSSR count). The van der Waals surface area contributed by atoms with Crippen LogP contribution in [0.25, 0.3) is 0 Å². The van der Waals surface area contributed by atoms with Gasteiger partial charge in [-0.3, -0.25) is 15.0 Å². The molecule has 0 bridgehead atoms. The molecule has 1 aromatic carbocycles. The van der Waals surface area contributed by atoms with Gasteiger partial charge in [-0.2, -0.15) is 0 Å². The van der Waals surface area contributed by atoms with Crippen LogP contribution in [0.5, 0.6) is 0 Å². The number of benzene rings is 1. The zero-order valence-electron chi connectivity index (χ0n) is 16.7. The Labute approximate surface area is 165 Å². The molecule has 0 atom stereocenters. The minimum Gasteiger partial charge on any atom is -0.468 e. The maximum atomic E-state index is 12.9. The summed E-state index contributed by atoms with van der Waals surface area (Å²) in [6, 6.07) is 11.0. The number of pyridine rings is 1. The van der Waals surface area contributed by atoms with Crippen LogP contribution in [0.2, 0.25) is 0 Å². The van der Waals surface area contributed by atoms with Gasteiger partial charge in [0.2, 0.25) is 0 Å². The molecule has 0 radical (unpaired) electrons. The first-order valence-corrected chi connectivity index (χ1v) is 9.32. The lowest BCUT2D eigenvalue weighted by Gasteiger charge is -2.23. The smallest absolute Gasteiger partial charge is 0.315 e. The third kappa shape index (κ3) is 3.54. The van der Waals surface area contributed by atoms with E-state index >= 15 is 0 Å². The van der Waals surface area contributed by atoms with E-state index in [9.17, 15) is 9.59 Å². The first kappa shape index (κ1) is 19.7. The fourth-order valence-electron chi connectivity index (χ4n) is 3.35. The Morgan fingerprint density at radius 2 is 2.00 bits per heavy atom. The second kappa shape index (κ2) is 7.54. The number of carbonyl (C=O) groups is 2. The lowest BCUT2D eigenvalue weighted by atomic mass is 9.83. The number of fused-ring (bicyclic) bond motifs is 1. The Kier molecular flexibility index (Phi) is 5.31. The zero-order chi connectivity index (χ0) is 20.5. The van der Waals surface area contributed by atoms with Crippen molar-refractivity contribution in [2.75, 3.05) is 13.7 Å². The molecule has 28 heavy (non-hydrogen) atoms.